The van der Waals surface area contributed by atoms with Crippen molar-refractivity contribution in [2.24, 2.45) is 17.3 Å². The van der Waals surface area contributed by atoms with E-state index in [1.165, 1.54) is 31.0 Å². The molecule has 0 bridgehead atoms. The van der Waals surface area contributed by atoms with Gasteiger partial charge in [0.1, 0.15) is 6.61 Å². The Bertz CT molecular complexity index is 2110. The van der Waals surface area contributed by atoms with Gasteiger partial charge < -0.3 is 49.4 Å². The summed E-state index contributed by atoms with van der Waals surface area (Å²) in [5.74, 6) is -0.125. The summed E-state index contributed by atoms with van der Waals surface area (Å²) in [6.07, 6.45) is 18.7. The second kappa shape index (κ2) is 20.7. The van der Waals surface area contributed by atoms with Gasteiger partial charge in [-0.3, -0.25) is 0 Å². The fraction of sp³-hybridized carbons (Fsp3) is 0.455. The maximum Gasteiger partial charge on any atom is 1.00 e. The molecule has 1 saturated heterocycles. The molecule has 2 aromatic carbocycles. The zero-order valence-electron chi connectivity index (χ0n) is 34.8. The van der Waals surface area contributed by atoms with E-state index in [9.17, 15) is 18.3 Å². The average Bonchev–Trinajstić information content (AvgIpc) is 4.01. The van der Waals surface area contributed by atoms with E-state index in [0.717, 1.165) is 73.6 Å². The number of benzene rings is 2. The van der Waals surface area contributed by atoms with E-state index in [1.807, 2.05) is 44.3 Å². The van der Waals surface area contributed by atoms with Gasteiger partial charge in [-0.15, -0.1) is 5.41 Å². The first-order valence-corrected chi connectivity index (χ1v) is 20.8. The third-order valence-corrected chi connectivity index (χ3v) is 11.9. The van der Waals surface area contributed by atoms with Crippen LogP contribution in [0.15, 0.2) is 59.6 Å². The van der Waals surface area contributed by atoms with Crippen LogP contribution in [0.1, 0.15) is 104 Å². The number of aryl methyl sites for hydroxylation is 2. The number of sulfonamides is 1. The minimum Gasteiger partial charge on any atom is -0.478 e. The number of hydrogen-bond acceptors (Lipinski definition) is 10. The van der Waals surface area contributed by atoms with Crippen molar-refractivity contribution in [3.8, 4) is 17.1 Å². The average molecular weight is 803 g/mol. The van der Waals surface area contributed by atoms with E-state index in [4.69, 9.17) is 14.5 Å². The van der Waals surface area contributed by atoms with Gasteiger partial charge in [0.15, 0.2) is 0 Å². The monoisotopic (exact) mass is 802 g/mol. The minimum atomic E-state index is -4.25. The van der Waals surface area contributed by atoms with Crippen molar-refractivity contribution in [3.63, 3.8) is 0 Å². The molecule has 12 nitrogen and oxygen atoms in total. The maximum absolute atomic E-state index is 13.5. The van der Waals surface area contributed by atoms with E-state index in [1.54, 1.807) is 13.2 Å². The van der Waals surface area contributed by atoms with E-state index in [2.05, 4.69) is 51.1 Å². The van der Waals surface area contributed by atoms with Gasteiger partial charge in [-0.1, -0.05) is 63.8 Å². The van der Waals surface area contributed by atoms with Crippen molar-refractivity contribution in [1.82, 2.24) is 25.3 Å². The summed E-state index contributed by atoms with van der Waals surface area (Å²) in [6.45, 7) is 9.23. The maximum atomic E-state index is 13.5. The molecule has 3 heterocycles. The summed E-state index contributed by atoms with van der Waals surface area (Å²) in [4.78, 5) is 29.9. The van der Waals surface area contributed by atoms with E-state index >= 15 is 0 Å². The van der Waals surface area contributed by atoms with Crippen LogP contribution in [-0.2, 0) is 14.8 Å². The number of ether oxygens (including phenoxy) is 2. The molecule has 306 valence electrons. The third kappa shape index (κ3) is 12.7. The third-order valence-electron chi connectivity index (χ3n) is 10.6. The molecule has 0 unspecified atom stereocenters. The molecule has 0 spiro atoms. The van der Waals surface area contributed by atoms with E-state index < -0.39 is 16.0 Å². The van der Waals surface area contributed by atoms with Crippen molar-refractivity contribution < 1.29 is 46.7 Å². The number of carboxylic acids is 1. The van der Waals surface area contributed by atoms with Crippen LogP contribution in [0.3, 0.4) is 0 Å². The Kier molecular flexibility index (Phi) is 16.6. The topological polar surface area (TPSA) is 166 Å². The first-order valence-electron chi connectivity index (χ1n) is 19.4. The molecule has 1 saturated carbocycles. The molecule has 4 aromatic rings. The summed E-state index contributed by atoms with van der Waals surface area (Å²) >= 11 is 0. The standard InChI is InChI=1S/C43H52N6O6S.CH3.Li/c1-28-10-6-11-29(2)40(28)36-24-39(48-42(47-36)49-56(52,53)34-14-7-13-32(23-34)41(50)51)55-27-38-31(22-30-16-17-30)12-8-15-35(46-38)37-26-44-33(25-45-37)18-20-43(3,4)19-9-21-54-5;;/h6-7,10-11,13-14,18,23-24,26,30-31,35,38,46H,8-9,12,15-17,19,21-22,27H2,1-5H3,(H,50,51)(H,47,48,49);1H3;/q-2;-1;+1/t31-,35-,38-;;/m0../s1. The zero-order chi connectivity index (χ0) is 39.9. The van der Waals surface area contributed by atoms with Crippen LogP contribution >= 0.6 is 0 Å². The molecule has 58 heavy (non-hydrogen) atoms. The fourth-order valence-electron chi connectivity index (χ4n) is 7.33. The van der Waals surface area contributed by atoms with Gasteiger partial charge in [-0.25, -0.2) is 22.9 Å². The number of carboxylic acid groups (broad SMARTS) is 1. The largest absolute Gasteiger partial charge is 1.00 e. The van der Waals surface area contributed by atoms with Crippen molar-refractivity contribution in [2.45, 2.75) is 96.0 Å². The van der Waals surface area contributed by atoms with Gasteiger partial charge in [-0.2, -0.15) is 16.9 Å². The normalized spacial score (nSPS) is 18.5. The molecule has 2 aromatic heterocycles. The predicted molar refractivity (Wildman–Crippen MR) is 221 cm³/mol. The Morgan fingerprint density at radius 3 is 2.50 bits per heavy atom. The number of anilines is 1. The Morgan fingerprint density at radius 1 is 1.09 bits per heavy atom. The van der Waals surface area contributed by atoms with Gasteiger partial charge in [0, 0.05) is 37.4 Å². The molecule has 14 heteroatoms. The number of hydrogen-bond donors (Lipinski definition) is 3. The Balaban J connectivity index is 0.00000372. The van der Waals surface area contributed by atoms with Crippen LogP contribution in [0.25, 0.3) is 17.3 Å². The number of nitrogens with one attached hydrogen (secondary N) is 2. The quantitative estimate of drug-likeness (QED) is 0.0726. The SMILES string of the molecule is COCCCC(C)(C)[C-]=Cc1[c-]nc([C@@H]2CCC[C@@H](CC3CC3)[C@H](COc3cc(-c4c(C)cccc4C)nc(NS(=O)(=O)c4cccc(C(=O)O)c4)n3)N2)cn1.[CH3-].[Li+]. The minimum absolute atomic E-state index is 0. The smallest absolute Gasteiger partial charge is 0.478 e. The second-order valence-electron chi connectivity index (χ2n) is 15.7. The van der Waals surface area contributed by atoms with Crippen molar-refractivity contribution in [2.75, 3.05) is 25.0 Å². The molecule has 1 aliphatic heterocycles. The molecule has 0 radical (unpaired) electrons. The Hall–Kier alpha value is -4.12. The predicted octanol–water partition coefficient (Wildman–Crippen LogP) is 5.25. The molecule has 2 fully saturated rings. The summed E-state index contributed by atoms with van der Waals surface area (Å²) in [5, 5.41) is 13.3. The Labute approximate surface area is 356 Å². The van der Waals surface area contributed by atoms with Crippen molar-refractivity contribution in [1.29, 1.82) is 0 Å². The number of nitrogens with zero attached hydrogens (tertiary/aromatic N) is 4. The zero-order valence-corrected chi connectivity index (χ0v) is 35.7. The molecule has 3 atom stereocenters. The number of carbonyl (C=O) groups is 1. The molecule has 6 rings (SSSR count). The van der Waals surface area contributed by atoms with Crippen LogP contribution in [0.2, 0.25) is 0 Å². The van der Waals surface area contributed by atoms with Gasteiger partial charge in [0.05, 0.1) is 16.2 Å². The number of allylic oxidation sites excluding steroid dienone is 1. The number of aromatic nitrogens is 4. The summed E-state index contributed by atoms with van der Waals surface area (Å²) in [5.41, 5.74) is 4.44. The van der Waals surface area contributed by atoms with Crippen LogP contribution in [0.4, 0.5) is 5.95 Å². The number of aromatic carboxylic acids is 1. The van der Waals surface area contributed by atoms with Crippen LogP contribution in [-0.4, -0.2) is 65.8 Å². The van der Waals surface area contributed by atoms with Crippen molar-refractivity contribution in [3.05, 3.63) is 103 Å². The molecule has 2 aliphatic rings. The number of rotatable bonds is 17. The van der Waals surface area contributed by atoms with Crippen LogP contribution in [0.5, 0.6) is 5.88 Å². The molecule has 0 amide bonds. The molecular formula is C44H55LiN6O6S-2. The molecule has 1 aliphatic carbocycles. The fourth-order valence-corrected chi connectivity index (χ4v) is 8.32. The van der Waals surface area contributed by atoms with Gasteiger partial charge in [-0.05, 0) is 92.6 Å². The summed E-state index contributed by atoms with van der Waals surface area (Å²) in [6, 6.07) is 12.7. The first kappa shape index (κ1) is 46.6. The van der Waals surface area contributed by atoms with Crippen LogP contribution < -0.4 is 33.6 Å². The summed E-state index contributed by atoms with van der Waals surface area (Å²) in [7, 11) is -2.54. The summed E-state index contributed by atoms with van der Waals surface area (Å²) < 4.78 is 41.2. The molecule has 3 N–H and O–H groups in total. The van der Waals surface area contributed by atoms with Gasteiger partial charge in [0.2, 0.25) is 11.8 Å². The van der Waals surface area contributed by atoms with Crippen LogP contribution in [0, 0.1) is 50.8 Å². The second-order valence-corrected chi connectivity index (χ2v) is 17.4. The van der Waals surface area contributed by atoms with Crippen molar-refractivity contribution >= 4 is 28.0 Å². The van der Waals surface area contributed by atoms with E-state index in [-0.39, 0.29) is 72.7 Å². The number of methoxy groups -OCH3 is 1. The van der Waals surface area contributed by atoms with E-state index in [0.29, 0.717) is 23.2 Å². The van der Waals surface area contributed by atoms with Gasteiger partial charge >= 0.3 is 24.8 Å². The molecular weight excluding hydrogens is 748 g/mol. The first-order chi connectivity index (χ1) is 26.8. The van der Waals surface area contributed by atoms with Gasteiger partial charge in [0.25, 0.3) is 10.0 Å². The Morgan fingerprint density at radius 2 is 1.83 bits per heavy atom.